The van der Waals surface area contributed by atoms with Gasteiger partial charge >= 0.3 is 0 Å². The Bertz CT molecular complexity index is 663. The van der Waals surface area contributed by atoms with Crippen LogP contribution in [0.1, 0.15) is 104 Å². The molecule has 0 saturated heterocycles. The van der Waals surface area contributed by atoms with Crippen LogP contribution in [0.5, 0.6) is 11.5 Å². The maximum Gasteiger partial charge on any atom is 0.136 e. The Morgan fingerprint density at radius 3 is 1.40 bits per heavy atom. The molecule has 0 amide bonds. The monoisotopic (exact) mass is 410 g/mol. The van der Waals surface area contributed by atoms with Gasteiger partial charge in [-0.25, -0.2) is 0 Å². The lowest BCUT2D eigenvalue weighted by Crippen LogP contribution is -2.13. The summed E-state index contributed by atoms with van der Waals surface area (Å²) in [6.07, 6.45) is 9.63. The summed E-state index contributed by atoms with van der Waals surface area (Å²) in [6.45, 7) is 14.1. The Hall–Kier alpha value is -2.06. The third kappa shape index (κ3) is 9.17. The Kier molecular flexibility index (Phi) is 13.6. The predicted octanol–water partition coefficient (Wildman–Crippen LogP) is 7.62. The van der Waals surface area contributed by atoms with E-state index >= 15 is 0 Å². The van der Waals surface area contributed by atoms with Crippen LogP contribution in [-0.4, -0.2) is 13.2 Å². The largest absolute Gasteiger partial charge is 0.492 e. The molecule has 0 heterocycles. The molecule has 2 unspecified atom stereocenters. The lowest BCUT2D eigenvalue weighted by atomic mass is 10.00. The molecule has 0 saturated carbocycles. The highest BCUT2D eigenvalue weighted by atomic mass is 16.5. The van der Waals surface area contributed by atoms with Crippen molar-refractivity contribution in [2.75, 3.05) is 13.2 Å². The number of hydrogen-bond acceptors (Lipinski definition) is 2. The van der Waals surface area contributed by atoms with Crippen LogP contribution in [0.2, 0.25) is 0 Å². The van der Waals surface area contributed by atoms with Crippen molar-refractivity contribution < 1.29 is 9.47 Å². The molecule has 2 heteroatoms. The molecular weight excluding hydrogens is 368 g/mol. The van der Waals surface area contributed by atoms with Crippen molar-refractivity contribution in [3.8, 4) is 35.2 Å². The quantitative estimate of drug-likeness (QED) is 0.294. The zero-order chi connectivity index (χ0) is 22.2. The summed E-state index contributed by atoms with van der Waals surface area (Å²) < 4.78 is 12.5. The first-order valence-corrected chi connectivity index (χ1v) is 11.9. The van der Waals surface area contributed by atoms with Gasteiger partial charge in [0.1, 0.15) is 11.5 Å². The van der Waals surface area contributed by atoms with Crippen LogP contribution in [-0.2, 0) is 0 Å². The topological polar surface area (TPSA) is 18.5 Å². The molecule has 0 aliphatic rings. The standard InChI is InChI=1S/C28H42O2/c1-7-13-17-23(11-5)21-29-27-19-26(16-10-4)28(20-25(27)15-9-3)30-22-24(12-6)18-14-8-2/h19-20,23-24H,7-8,11-14,17-18,21-22H2,1-6H3. The first-order valence-electron chi connectivity index (χ1n) is 11.9. The molecule has 0 spiro atoms. The van der Waals surface area contributed by atoms with Gasteiger partial charge in [-0.3, -0.25) is 0 Å². The van der Waals surface area contributed by atoms with Crippen LogP contribution in [0.25, 0.3) is 0 Å². The smallest absolute Gasteiger partial charge is 0.136 e. The van der Waals surface area contributed by atoms with Crippen molar-refractivity contribution >= 4 is 0 Å². The first kappa shape index (κ1) is 26.0. The van der Waals surface area contributed by atoms with Gasteiger partial charge in [0.25, 0.3) is 0 Å². The summed E-state index contributed by atoms with van der Waals surface area (Å²) in [7, 11) is 0. The van der Waals surface area contributed by atoms with Crippen molar-refractivity contribution in [1.82, 2.24) is 0 Å². The van der Waals surface area contributed by atoms with E-state index < -0.39 is 0 Å². The van der Waals surface area contributed by atoms with Gasteiger partial charge in [0, 0.05) is 12.1 Å². The summed E-state index contributed by atoms with van der Waals surface area (Å²) in [4.78, 5) is 0. The molecule has 1 aromatic rings. The van der Waals surface area contributed by atoms with E-state index in [1.54, 1.807) is 0 Å². The van der Waals surface area contributed by atoms with Gasteiger partial charge in [-0.15, -0.1) is 11.8 Å². The zero-order valence-corrected chi connectivity index (χ0v) is 20.2. The maximum atomic E-state index is 6.26. The van der Waals surface area contributed by atoms with Crippen molar-refractivity contribution in [2.45, 2.75) is 92.9 Å². The molecule has 1 aromatic carbocycles. The fourth-order valence-corrected chi connectivity index (χ4v) is 3.47. The first-order chi connectivity index (χ1) is 14.6. The predicted molar refractivity (Wildman–Crippen MR) is 129 cm³/mol. The number of unbranched alkanes of at least 4 members (excludes halogenated alkanes) is 2. The van der Waals surface area contributed by atoms with Crippen molar-refractivity contribution in [2.24, 2.45) is 11.8 Å². The lowest BCUT2D eigenvalue weighted by Gasteiger charge is -2.19. The second-order valence-electron chi connectivity index (χ2n) is 8.05. The van der Waals surface area contributed by atoms with Crippen LogP contribution < -0.4 is 9.47 Å². The molecule has 1 rings (SSSR count). The number of ether oxygens (including phenoxy) is 2. The van der Waals surface area contributed by atoms with E-state index in [4.69, 9.17) is 9.47 Å². The third-order valence-corrected chi connectivity index (χ3v) is 5.64. The van der Waals surface area contributed by atoms with E-state index in [-0.39, 0.29) is 0 Å². The summed E-state index contributed by atoms with van der Waals surface area (Å²) in [5.41, 5.74) is 1.78. The maximum absolute atomic E-state index is 6.26. The number of benzene rings is 1. The van der Waals surface area contributed by atoms with Crippen molar-refractivity contribution in [3.63, 3.8) is 0 Å². The minimum Gasteiger partial charge on any atom is -0.492 e. The lowest BCUT2D eigenvalue weighted by molar-refractivity contribution is 0.227. The van der Waals surface area contributed by atoms with E-state index in [0.29, 0.717) is 11.8 Å². The third-order valence-electron chi connectivity index (χ3n) is 5.64. The van der Waals surface area contributed by atoms with Gasteiger partial charge in [0.05, 0.1) is 24.3 Å². The molecule has 0 aromatic heterocycles. The van der Waals surface area contributed by atoms with Gasteiger partial charge in [-0.05, 0) is 38.5 Å². The van der Waals surface area contributed by atoms with E-state index in [1.807, 2.05) is 26.0 Å². The highest BCUT2D eigenvalue weighted by Crippen LogP contribution is 2.30. The zero-order valence-electron chi connectivity index (χ0n) is 20.2. The highest BCUT2D eigenvalue weighted by molar-refractivity contribution is 5.58. The number of rotatable bonds is 14. The summed E-state index contributed by atoms with van der Waals surface area (Å²) in [6, 6.07) is 4.04. The van der Waals surface area contributed by atoms with Gasteiger partial charge < -0.3 is 9.47 Å². The minimum absolute atomic E-state index is 0.577. The average Bonchev–Trinajstić information content (AvgIpc) is 2.76. The van der Waals surface area contributed by atoms with E-state index in [1.165, 1.54) is 38.5 Å². The van der Waals surface area contributed by atoms with Gasteiger partial charge in [0.15, 0.2) is 0 Å². The van der Waals surface area contributed by atoms with E-state index in [0.717, 1.165) is 48.7 Å². The molecule has 30 heavy (non-hydrogen) atoms. The fraction of sp³-hybridized carbons (Fsp3) is 0.643. The van der Waals surface area contributed by atoms with Gasteiger partial charge in [-0.2, -0.15) is 0 Å². The number of hydrogen-bond donors (Lipinski definition) is 0. The Morgan fingerprint density at radius 2 is 1.10 bits per heavy atom. The van der Waals surface area contributed by atoms with Crippen molar-refractivity contribution in [1.29, 1.82) is 0 Å². The molecule has 0 aliphatic heterocycles. The van der Waals surface area contributed by atoms with Gasteiger partial charge in [0.2, 0.25) is 0 Å². The molecule has 0 aliphatic carbocycles. The second kappa shape index (κ2) is 15.7. The summed E-state index contributed by atoms with van der Waals surface area (Å²) >= 11 is 0. The highest BCUT2D eigenvalue weighted by Gasteiger charge is 2.14. The molecule has 0 N–H and O–H groups in total. The van der Waals surface area contributed by atoms with Gasteiger partial charge in [-0.1, -0.05) is 78.1 Å². The van der Waals surface area contributed by atoms with E-state index in [2.05, 4.69) is 51.4 Å². The molecule has 0 radical (unpaired) electrons. The SMILES string of the molecule is CC#Cc1cc(OCC(CC)CCCC)c(C#CC)cc1OCC(CC)CCCC. The molecule has 0 fully saturated rings. The Morgan fingerprint density at radius 1 is 0.700 bits per heavy atom. The van der Waals surface area contributed by atoms with Crippen LogP contribution in [0.4, 0.5) is 0 Å². The van der Waals surface area contributed by atoms with E-state index in [9.17, 15) is 0 Å². The Balaban J connectivity index is 3.05. The Labute approximate surface area is 186 Å². The molecule has 2 nitrogen and oxygen atoms in total. The molecule has 2 atom stereocenters. The normalized spacial score (nSPS) is 12.2. The molecule has 0 bridgehead atoms. The van der Waals surface area contributed by atoms with Crippen LogP contribution >= 0.6 is 0 Å². The molecular formula is C28H42O2. The minimum atomic E-state index is 0.577. The molecule has 166 valence electrons. The van der Waals surface area contributed by atoms with Crippen LogP contribution in [0, 0.1) is 35.5 Å². The average molecular weight is 411 g/mol. The van der Waals surface area contributed by atoms with Crippen LogP contribution in [0.3, 0.4) is 0 Å². The van der Waals surface area contributed by atoms with Crippen LogP contribution in [0.15, 0.2) is 12.1 Å². The summed E-state index contributed by atoms with van der Waals surface area (Å²) in [5, 5.41) is 0. The fourth-order valence-electron chi connectivity index (χ4n) is 3.47. The second-order valence-corrected chi connectivity index (χ2v) is 8.05. The summed E-state index contributed by atoms with van der Waals surface area (Å²) in [5.74, 6) is 15.2. The van der Waals surface area contributed by atoms with Crippen molar-refractivity contribution in [3.05, 3.63) is 23.3 Å².